The molecule has 0 saturated heterocycles. The van der Waals surface area contributed by atoms with Crippen LogP contribution in [0.1, 0.15) is 6.92 Å². The summed E-state index contributed by atoms with van der Waals surface area (Å²) in [4.78, 5) is 34.7. The smallest absolute Gasteiger partial charge is 0.343 e. The Morgan fingerprint density at radius 1 is 1.03 bits per heavy atom. The Morgan fingerprint density at radius 3 is 2.03 bits per heavy atom. The highest BCUT2D eigenvalue weighted by molar-refractivity contribution is 7.82. The number of rotatable bonds is 6. The predicted octanol–water partition coefficient (Wildman–Crippen LogP) is 4.39. The second kappa shape index (κ2) is 10.2. The van der Waals surface area contributed by atoms with Gasteiger partial charge in [-0.3, -0.25) is 4.79 Å². The van der Waals surface area contributed by atoms with Crippen LogP contribution in [0, 0.1) is 0 Å². The van der Waals surface area contributed by atoms with Gasteiger partial charge in [0.1, 0.15) is 0 Å². The van der Waals surface area contributed by atoms with Crippen LogP contribution in [0.4, 0.5) is 21.9 Å². The van der Waals surface area contributed by atoms with Gasteiger partial charge in [0.25, 0.3) is 0 Å². The van der Waals surface area contributed by atoms with Crippen LogP contribution in [0.3, 0.4) is 0 Å². The van der Waals surface area contributed by atoms with Crippen molar-refractivity contribution in [3.05, 3.63) is 46.4 Å². The summed E-state index contributed by atoms with van der Waals surface area (Å²) in [6, 6.07) is 8.76. The molecule has 0 spiro atoms. The molecule has 0 fully saturated rings. The molecular weight excluding hydrogens is 441 g/mol. The molecule has 2 aromatic carbocycles. The zero-order valence-corrected chi connectivity index (χ0v) is 17.8. The average Bonchev–Trinajstić information content (AvgIpc) is 2.67. The minimum absolute atomic E-state index is 0.0817. The van der Waals surface area contributed by atoms with Crippen LogP contribution in [0.15, 0.2) is 36.4 Å². The van der Waals surface area contributed by atoms with Crippen molar-refractivity contribution in [2.75, 3.05) is 28.7 Å². The van der Waals surface area contributed by atoms with Gasteiger partial charge in [0.15, 0.2) is 12.4 Å². The fourth-order valence-electron chi connectivity index (χ4n) is 2.13. The number of hydrogen-bond acceptors (Lipinski definition) is 6. The van der Waals surface area contributed by atoms with Crippen LogP contribution < -0.4 is 19.7 Å². The van der Waals surface area contributed by atoms with Gasteiger partial charge in [-0.2, -0.15) is 0 Å². The normalized spacial score (nSPS) is 10.1. The first-order chi connectivity index (χ1) is 13.7. The van der Waals surface area contributed by atoms with Crippen molar-refractivity contribution in [1.29, 1.82) is 0 Å². The maximum absolute atomic E-state index is 12.4. The summed E-state index contributed by atoms with van der Waals surface area (Å²) < 4.78 is 10.7. The second-order valence-electron chi connectivity index (χ2n) is 5.60. The monoisotopic (exact) mass is 457 g/mol. The Hall–Kier alpha value is -2.62. The first-order valence-electron chi connectivity index (χ1n) is 8.07. The van der Waals surface area contributed by atoms with Gasteiger partial charge in [0.05, 0.1) is 22.8 Å². The van der Waals surface area contributed by atoms with Gasteiger partial charge in [-0.1, -0.05) is 36.0 Å². The van der Waals surface area contributed by atoms with E-state index in [-0.39, 0.29) is 34.0 Å². The van der Waals surface area contributed by atoms with Crippen LogP contribution in [0.5, 0.6) is 5.75 Å². The molecule has 0 radical (unpaired) electrons. The van der Waals surface area contributed by atoms with Crippen molar-refractivity contribution in [2.45, 2.75) is 6.92 Å². The van der Waals surface area contributed by atoms with Crippen molar-refractivity contribution in [3.63, 3.8) is 0 Å². The van der Waals surface area contributed by atoms with Gasteiger partial charge >= 0.3 is 12.0 Å². The maximum Gasteiger partial charge on any atom is 0.343 e. The van der Waals surface area contributed by atoms with Gasteiger partial charge < -0.3 is 20.1 Å². The number of urea groups is 1. The summed E-state index contributed by atoms with van der Waals surface area (Å²) in [5, 5.41) is 5.44. The third-order valence-corrected chi connectivity index (χ3v) is 4.41. The van der Waals surface area contributed by atoms with E-state index >= 15 is 0 Å². The maximum atomic E-state index is 12.4. The Balaban J connectivity index is 2.08. The van der Waals surface area contributed by atoms with E-state index in [9.17, 15) is 14.4 Å². The Morgan fingerprint density at radius 2 is 1.55 bits per heavy atom. The molecule has 29 heavy (non-hydrogen) atoms. The largest absolute Gasteiger partial charge is 0.479 e. The van der Waals surface area contributed by atoms with Crippen LogP contribution >= 0.6 is 36.0 Å². The van der Waals surface area contributed by atoms with Crippen LogP contribution in [-0.2, 0) is 14.3 Å². The van der Waals surface area contributed by atoms with E-state index in [1.807, 2.05) is 0 Å². The number of anilines is 3. The minimum Gasteiger partial charge on any atom is -0.479 e. The third-order valence-electron chi connectivity index (χ3n) is 3.44. The molecule has 8 nitrogen and oxygen atoms in total. The van der Waals surface area contributed by atoms with E-state index < -0.39 is 12.0 Å². The molecule has 0 atom stereocenters. The number of carbonyl (C=O) groups excluding carboxylic acids is 3. The highest BCUT2D eigenvalue weighted by atomic mass is 35.5. The van der Waals surface area contributed by atoms with Crippen molar-refractivity contribution in [1.82, 2.24) is 0 Å². The molecule has 11 heteroatoms. The number of benzene rings is 2. The number of ether oxygens (including phenoxy) is 2. The molecular formula is C18H17Cl2N3O5S. The van der Waals surface area contributed by atoms with E-state index in [0.717, 1.165) is 4.31 Å². The van der Waals surface area contributed by atoms with Gasteiger partial charge in [0, 0.05) is 18.3 Å². The average molecular weight is 458 g/mol. The number of nitrogens with zero attached hydrogens (tertiary/aromatic N) is 1. The molecule has 154 valence electrons. The number of hydrogen-bond donors (Lipinski definition) is 3. The molecule has 0 aliphatic heterocycles. The van der Waals surface area contributed by atoms with Crippen molar-refractivity contribution >= 4 is 71.0 Å². The summed E-state index contributed by atoms with van der Waals surface area (Å²) in [6.07, 6.45) is 0. The number of nitrogens with one attached hydrogen (secondary N) is 2. The molecule has 0 aromatic heterocycles. The highest BCUT2D eigenvalue weighted by Crippen LogP contribution is 2.37. The lowest BCUT2D eigenvalue weighted by atomic mass is 10.2. The molecule has 2 rings (SSSR count). The lowest BCUT2D eigenvalue weighted by Gasteiger charge is -2.19. The number of thiol groups is 1. The zero-order chi connectivity index (χ0) is 21.6. The second-order valence-corrected chi connectivity index (χ2v) is 6.82. The van der Waals surface area contributed by atoms with E-state index in [1.54, 1.807) is 24.3 Å². The number of methoxy groups -OCH3 is 1. The molecule has 3 amide bonds. The first kappa shape index (κ1) is 22.7. The van der Waals surface area contributed by atoms with Gasteiger partial charge in [-0.15, -0.1) is 0 Å². The predicted molar refractivity (Wildman–Crippen MR) is 115 cm³/mol. The standard InChI is InChI=1S/C18H17Cl2N3O5S/c1-10(24)21-11-3-5-12(6-4-11)22-18(26)23(29)13-7-14(19)17(15(20)8-13)28-9-16(25)27-2/h3-8,29H,9H2,1-2H3,(H,21,24)(H,22,26). The third kappa shape index (κ3) is 6.45. The van der Waals surface area contributed by atoms with Crippen molar-refractivity contribution in [3.8, 4) is 5.75 Å². The van der Waals surface area contributed by atoms with Crippen LogP contribution in [-0.4, -0.2) is 31.6 Å². The summed E-state index contributed by atoms with van der Waals surface area (Å²) in [5.41, 5.74) is 1.36. The topological polar surface area (TPSA) is 97.0 Å². The van der Waals surface area contributed by atoms with E-state index in [4.69, 9.17) is 27.9 Å². The van der Waals surface area contributed by atoms with Crippen molar-refractivity contribution < 1.29 is 23.9 Å². The van der Waals surface area contributed by atoms with Crippen LogP contribution in [0.25, 0.3) is 0 Å². The lowest BCUT2D eigenvalue weighted by molar-refractivity contribution is -0.142. The Labute approximate surface area is 182 Å². The number of carbonyl (C=O) groups is 3. The fourth-order valence-corrected chi connectivity index (χ4v) is 2.88. The first-order valence-corrected chi connectivity index (χ1v) is 9.23. The molecule has 0 unspecified atom stereocenters. The van der Waals surface area contributed by atoms with E-state index in [0.29, 0.717) is 11.4 Å². The van der Waals surface area contributed by atoms with Gasteiger partial charge in [-0.05, 0) is 36.4 Å². The molecule has 0 heterocycles. The van der Waals surface area contributed by atoms with Gasteiger partial charge in [0.2, 0.25) is 5.91 Å². The molecule has 2 aromatic rings. The number of amides is 3. The SMILES string of the molecule is COC(=O)COc1c(Cl)cc(N(S)C(=O)Nc2ccc(NC(C)=O)cc2)cc1Cl. The molecule has 0 bridgehead atoms. The summed E-state index contributed by atoms with van der Waals surface area (Å²) >= 11 is 16.5. The zero-order valence-electron chi connectivity index (χ0n) is 15.4. The summed E-state index contributed by atoms with van der Waals surface area (Å²) in [5.74, 6) is -0.713. The highest BCUT2D eigenvalue weighted by Gasteiger charge is 2.18. The number of esters is 1. The number of halogens is 2. The molecule has 0 aliphatic carbocycles. The Kier molecular flexibility index (Phi) is 8.00. The quantitative estimate of drug-likeness (QED) is 0.441. The van der Waals surface area contributed by atoms with E-state index in [1.165, 1.54) is 26.2 Å². The lowest BCUT2D eigenvalue weighted by Crippen LogP contribution is -2.26. The van der Waals surface area contributed by atoms with Crippen LogP contribution in [0.2, 0.25) is 10.0 Å². The Bertz CT molecular complexity index is 901. The molecule has 2 N–H and O–H groups in total. The minimum atomic E-state index is -0.596. The van der Waals surface area contributed by atoms with Crippen molar-refractivity contribution in [2.24, 2.45) is 0 Å². The molecule has 0 aliphatic rings. The summed E-state index contributed by atoms with van der Waals surface area (Å²) in [6.45, 7) is 1.03. The van der Waals surface area contributed by atoms with E-state index in [2.05, 4.69) is 28.2 Å². The summed E-state index contributed by atoms with van der Waals surface area (Å²) in [7, 11) is 1.22. The fraction of sp³-hybridized carbons (Fsp3) is 0.167. The molecule has 0 saturated carbocycles. The van der Waals surface area contributed by atoms with Gasteiger partial charge in [-0.25, -0.2) is 13.9 Å².